The third-order valence-corrected chi connectivity index (χ3v) is 5.97. The fraction of sp³-hybridized carbons (Fsp3) is 0.444. The molecule has 0 bridgehead atoms. The van der Waals surface area contributed by atoms with E-state index in [4.69, 9.17) is 0 Å². The fourth-order valence-corrected chi connectivity index (χ4v) is 4.64. The third-order valence-electron chi connectivity index (χ3n) is 4.48. The molecule has 0 amide bonds. The first-order valence-electron chi connectivity index (χ1n) is 8.45. The quantitative estimate of drug-likeness (QED) is 0.873. The van der Waals surface area contributed by atoms with Crippen LogP contribution < -0.4 is 4.72 Å². The van der Waals surface area contributed by atoms with E-state index in [-0.39, 0.29) is 5.75 Å². The van der Waals surface area contributed by atoms with Crippen LogP contribution in [0.5, 0.6) is 0 Å². The number of nitrogens with zero attached hydrogens (tertiary/aromatic N) is 2. The van der Waals surface area contributed by atoms with Gasteiger partial charge in [0.25, 0.3) is 0 Å². The van der Waals surface area contributed by atoms with Crippen LogP contribution in [0, 0.1) is 5.92 Å². The molecule has 1 fully saturated rings. The Morgan fingerprint density at radius 1 is 1.04 bits per heavy atom. The van der Waals surface area contributed by atoms with Crippen molar-refractivity contribution >= 4 is 10.0 Å². The van der Waals surface area contributed by atoms with E-state index >= 15 is 0 Å². The second kappa shape index (κ2) is 7.85. The molecule has 1 saturated carbocycles. The summed E-state index contributed by atoms with van der Waals surface area (Å²) >= 11 is 0. The van der Waals surface area contributed by atoms with Gasteiger partial charge in [0, 0.05) is 30.7 Å². The summed E-state index contributed by atoms with van der Waals surface area (Å²) in [5.74, 6) is 0.552. The minimum Gasteiger partial charge on any atom is -0.265 e. The molecule has 2 heterocycles. The minimum absolute atomic E-state index is 0.245. The van der Waals surface area contributed by atoms with Crippen molar-refractivity contribution in [3.05, 3.63) is 48.4 Å². The van der Waals surface area contributed by atoms with Gasteiger partial charge in [-0.05, 0) is 48.6 Å². The topological polar surface area (TPSA) is 72.0 Å². The molecule has 0 aromatic carbocycles. The summed E-state index contributed by atoms with van der Waals surface area (Å²) in [5, 5.41) is 0. The molecule has 2 aromatic heterocycles. The van der Waals surface area contributed by atoms with Crippen molar-refractivity contribution in [3.63, 3.8) is 0 Å². The van der Waals surface area contributed by atoms with Crippen LogP contribution in [-0.2, 0) is 16.6 Å². The number of hydrogen-bond donors (Lipinski definition) is 1. The third kappa shape index (κ3) is 4.85. The van der Waals surface area contributed by atoms with E-state index in [0.717, 1.165) is 42.5 Å². The van der Waals surface area contributed by atoms with Crippen molar-refractivity contribution in [1.29, 1.82) is 0 Å². The standard InChI is InChI=1S/C18H23N3O2S/c22-24(23,14-15-4-2-1-3-5-15)21-13-16-6-11-20-18(12-16)17-7-9-19-10-8-17/h6-12,15,21H,1-5,13-14H2. The summed E-state index contributed by atoms with van der Waals surface area (Å²) in [7, 11) is -3.24. The normalized spacial score (nSPS) is 16.2. The molecule has 1 aliphatic rings. The maximum Gasteiger partial charge on any atom is 0.212 e. The van der Waals surface area contributed by atoms with Crippen LogP contribution in [0.3, 0.4) is 0 Å². The molecule has 2 aromatic rings. The monoisotopic (exact) mass is 345 g/mol. The Balaban J connectivity index is 1.62. The molecule has 0 saturated heterocycles. The Bertz CT molecular complexity index is 757. The minimum atomic E-state index is -3.24. The molecule has 0 unspecified atom stereocenters. The number of nitrogens with one attached hydrogen (secondary N) is 1. The summed E-state index contributed by atoms with van der Waals surface area (Å²) in [6.45, 7) is 0.301. The molecule has 0 radical (unpaired) electrons. The van der Waals surface area contributed by atoms with Gasteiger partial charge in [-0.1, -0.05) is 19.3 Å². The van der Waals surface area contributed by atoms with Crippen LogP contribution in [0.4, 0.5) is 0 Å². The van der Waals surface area contributed by atoms with E-state index in [9.17, 15) is 8.42 Å². The summed E-state index contributed by atoms with van der Waals surface area (Å²) < 4.78 is 27.3. The number of pyridine rings is 2. The predicted octanol–water partition coefficient (Wildman–Crippen LogP) is 3.14. The highest BCUT2D eigenvalue weighted by Gasteiger charge is 2.21. The SMILES string of the molecule is O=S(=O)(CC1CCCCC1)NCc1ccnc(-c2ccncc2)c1. The van der Waals surface area contributed by atoms with E-state index < -0.39 is 10.0 Å². The first-order valence-corrected chi connectivity index (χ1v) is 10.1. The molecular weight excluding hydrogens is 322 g/mol. The molecule has 3 rings (SSSR count). The van der Waals surface area contributed by atoms with Crippen LogP contribution in [0.2, 0.25) is 0 Å². The summed E-state index contributed by atoms with van der Waals surface area (Å²) in [5.41, 5.74) is 2.70. The molecule has 6 heteroatoms. The lowest BCUT2D eigenvalue weighted by molar-refractivity contribution is 0.384. The van der Waals surface area contributed by atoms with Crippen LogP contribution in [0.15, 0.2) is 42.9 Å². The fourth-order valence-electron chi connectivity index (χ4n) is 3.18. The first kappa shape index (κ1) is 17.0. The maximum atomic E-state index is 12.3. The number of rotatable bonds is 6. The zero-order valence-corrected chi connectivity index (χ0v) is 14.5. The van der Waals surface area contributed by atoms with E-state index in [1.807, 2.05) is 24.3 Å². The number of aromatic nitrogens is 2. The lowest BCUT2D eigenvalue weighted by atomic mass is 9.91. The number of hydrogen-bond acceptors (Lipinski definition) is 4. The van der Waals surface area contributed by atoms with Gasteiger partial charge in [0.2, 0.25) is 10.0 Å². The predicted molar refractivity (Wildman–Crippen MR) is 94.7 cm³/mol. The highest BCUT2D eigenvalue weighted by molar-refractivity contribution is 7.89. The van der Waals surface area contributed by atoms with Crippen LogP contribution in [0.25, 0.3) is 11.3 Å². The van der Waals surface area contributed by atoms with Gasteiger partial charge in [0.15, 0.2) is 0 Å². The molecule has 24 heavy (non-hydrogen) atoms. The lowest BCUT2D eigenvalue weighted by Crippen LogP contribution is -2.30. The molecule has 128 valence electrons. The van der Waals surface area contributed by atoms with Gasteiger partial charge in [0.05, 0.1) is 11.4 Å². The van der Waals surface area contributed by atoms with E-state index in [1.165, 1.54) is 6.42 Å². The van der Waals surface area contributed by atoms with E-state index in [0.29, 0.717) is 12.5 Å². The van der Waals surface area contributed by atoms with Crippen LogP contribution in [0.1, 0.15) is 37.7 Å². The van der Waals surface area contributed by atoms with Gasteiger partial charge >= 0.3 is 0 Å². The highest BCUT2D eigenvalue weighted by Crippen LogP contribution is 2.24. The van der Waals surface area contributed by atoms with Crippen LogP contribution >= 0.6 is 0 Å². The van der Waals surface area contributed by atoms with Crippen molar-refractivity contribution in [2.45, 2.75) is 38.6 Å². The van der Waals surface area contributed by atoms with Gasteiger partial charge in [-0.15, -0.1) is 0 Å². The average molecular weight is 345 g/mol. The second-order valence-electron chi connectivity index (χ2n) is 6.39. The first-order chi connectivity index (χ1) is 11.6. The van der Waals surface area contributed by atoms with Gasteiger partial charge in [-0.2, -0.15) is 0 Å². The molecule has 0 spiro atoms. The summed E-state index contributed by atoms with van der Waals surface area (Å²) in [4.78, 5) is 8.34. The van der Waals surface area contributed by atoms with Gasteiger partial charge in [-0.3, -0.25) is 9.97 Å². The molecule has 0 aliphatic heterocycles. The van der Waals surface area contributed by atoms with Gasteiger partial charge in [0.1, 0.15) is 0 Å². The largest absolute Gasteiger partial charge is 0.265 e. The van der Waals surface area contributed by atoms with Crippen molar-refractivity contribution in [2.24, 2.45) is 5.92 Å². The summed E-state index contributed by atoms with van der Waals surface area (Å²) in [6, 6.07) is 7.53. The van der Waals surface area contributed by atoms with Crippen molar-refractivity contribution < 1.29 is 8.42 Å². The summed E-state index contributed by atoms with van der Waals surface area (Å²) in [6.07, 6.45) is 10.7. The van der Waals surface area contributed by atoms with Crippen molar-refractivity contribution in [1.82, 2.24) is 14.7 Å². The Morgan fingerprint density at radius 3 is 2.54 bits per heavy atom. The molecular formula is C18H23N3O2S. The zero-order chi connectivity index (χ0) is 16.8. The lowest BCUT2D eigenvalue weighted by Gasteiger charge is -2.21. The Kier molecular flexibility index (Phi) is 5.58. The zero-order valence-electron chi connectivity index (χ0n) is 13.7. The smallest absolute Gasteiger partial charge is 0.212 e. The van der Waals surface area contributed by atoms with E-state index in [2.05, 4.69) is 14.7 Å². The number of sulfonamides is 1. The van der Waals surface area contributed by atoms with E-state index in [1.54, 1.807) is 18.6 Å². The van der Waals surface area contributed by atoms with Crippen molar-refractivity contribution in [3.8, 4) is 11.3 Å². The Labute approximate surface area is 143 Å². The molecule has 1 N–H and O–H groups in total. The highest BCUT2D eigenvalue weighted by atomic mass is 32.2. The van der Waals surface area contributed by atoms with Gasteiger partial charge in [-0.25, -0.2) is 13.1 Å². The average Bonchev–Trinajstić information content (AvgIpc) is 2.62. The molecule has 1 aliphatic carbocycles. The molecule has 0 atom stereocenters. The maximum absolute atomic E-state index is 12.3. The van der Waals surface area contributed by atoms with Crippen LogP contribution in [-0.4, -0.2) is 24.1 Å². The Hall–Kier alpha value is -1.79. The molecule has 5 nitrogen and oxygen atoms in total. The second-order valence-corrected chi connectivity index (χ2v) is 8.24. The Morgan fingerprint density at radius 2 is 1.79 bits per heavy atom. The van der Waals surface area contributed by atoms with Crippen molar-refractivity contribution in [2.75, 3.05) is 5.75 Å². The van der Waals surface area contributed by atoms with Gasteiger partial charge < -0.3 is 0 Å².